The number of carbonyl (C=O) groups is 2. The molecule has 0 saturated heterocycles. The molecule has 1 aromatic carbocycles. The summed E-state index contributed by atoms with van der Waals surface area (Å²) in [6, 6.07) is 8.03. The maximum Gasteiger partial charge on any atom is 0.286 e. The maximum absolute atomic E-state index is 12.2. The first-order chi connectivity index (χ1) is 11.8. The van der Waals surface area contributed by atoms with Crippen LogP contribution in [-0.2, 0) is 14.8 Å². The van der Waals surface area contributed by atoms with Crippen LogP contribution >= 0.6 is 0 Å². The summed E-state index contributed by atoms with van der Waals surface area (Å²) in [4.78, 5) is 26.1. The van der Waals surface area contributed by atoms with Gasteiger partial charge in [-0.25, -0.2) is 13.1 Å². The highest BCUT2D eigenvalue weighted by atomic mass is 32.2. The second kappa shape index (κ2) is 7.95. The summed E-state index contributed by atoms with van der Waals surface area (Å²) >= 11 is 0. The number of sulfonamides is 1. The van der Waals surface area contributed by atoms with Gasteiger partial charge in [-0.1, -0.05) is 6.07 Å². The summed E-state index contributed by atoms with van der Waals surface area (Å²) in [5.41, 5.74) is 6.62. The van der Waals surface area contributed by atoms with Crippen LogP contribution in [-0.4, -0.2) is 31.8 Å². The Balaban J connectivity index is 1.80. The molecule has 1 heterocycles. The average molecular weight is 364 g/mol. The predicted octanol–water partition coefficient (Wildman–Crippen LogP) is 0.761. The lowest BCUT2D eigenvalue weighted by Gasteiger charge is -2.09. The average Bonchev–Trinajstić information content (AvgIpc) is 3.09. The minimum atomic E-state index is -3.68. The topological polar surface area (TPSA) is 120 Å². The Bertz CT molecular complexity index is 860. The number of hydrogen-bond donors (Lipinski definition) is 4. The van der Waals surface area contributed by atoms with E-state index in [9.17, 15) is 18.0 Å². The van der Waals surface area contributed by atoms with Crippen LogP contribution in [0.3, 0.4) is 0 Å². The molecule has 134 valence electrons. The highest BCUT2D eigenvalue weighted by molar-refractivity contribution is 7.89. The number of benzene rings is 1. The van der Waals surface area contributed by atoms with E-state index in [0.29, 0.717) is 5.69 Å². The van der Waals surface area contributed by atoms with Crippen LogP contribution in [0.5, 0.6) is 0 Å². The summed E-state index contributed by atoms with van der Waals surface area (Å²) in [6.07, 6.45) is 1.47. The fourth-order valence-electron chi connectivity index (χ4n) is 1.99. The van der Waals surface area contributed by atoms with Crippen LogP contribution in [0.2, 0.25) is 0 Å². The Morgan fingerprint density at radius 2 is 1.84 bits per heavy atom. The number of nitrogens with one attached hydrogen (secondary N) is 4. The van der Waals surface area contributed by atoms with Gasteiger partial charge in [-0.3, -0.25) is 20.4 Å². The Hall–Kier alpha value is -2.65. The summed E-state index contributed by atoms with van der Waals surface area (Å²) in [6.45, 7) is 3.64. The van der Waals surface area contributed by atoms with E-state index >= 15 is 0 Å². The van der Waals surface area contributed by atoms with Crippen molar-refractivity contribution in [1.29, 1.82) is 0 Å². The van der Waals surface area contributed by atoms with E-state index in [1.165, 1.54) is 6.07 Å². The number of hydrogen-bond acceptors (Lipinski definition) is 4. The third-order valence-corrected chi connectivity index (χ3v) is 5.05. The summed E-state index contributed by atoms with van der Waals surface area (Å²) in [5, 5.41) is 0. The Morgan fingerprint density at radius 3 is 2.48 bits per heavy atom. The molecule has 0 radical (unpaired) electrons. The lowest BCUT2D eigenvalue weighted by atomic mass is 10.1. The largest absolute Gasteiger partial charge is 0.357 e. The van der Waals surface area contributed by atoms with Gasteiger partial charge in [0.25, 0.3) is 5.91 Å². The zero-order valence-corrected chi connectivity index (χ0v) is 14.7. The van der Waals surface area contributed by atoms with Crippen molar-refractivity contribution in [1.82, 2.24) is 20.6 Å². The van der Waals surface area contributed by atoms with Crippen molar-refractivity contribution >= 4 is 21.8 Å². The zero-order chi connectivity index (χ0) is 18.4. The van der Waals surface area contributed by atoms with E-state index in [1.807, 2.05) is 13.8 Å². The van der Waals surface area contributed by atoms with Gasteiger partial charge in [0.05, 0.1) is 4.90 Å². The van der Waals surface area contributed by atoms with Gasteiger partial charge in [0, 0.05) is 19.2 Å². The van der Waals surface area contributed by atoms with Crippen molar-refractivity contribution in [3.8, 4) is 0 Å². The van der Waals surface area contributed by atoms with Crippen molar-refractivity contribution in [3.05, 3.63) is 53.3 Å². The molecule has 25 heavy (non-hydrogen) atoms. The molecule has 8 nitrogen and oxygen atoms in total. The van der Waals surface area contributed by atoms with Crippen LogP contribution in [0, 0.1) is 13.8 Å². The molecule has 0 spiro atoms. The second-order valence-corrected chi connectivity index (χ2v) is 7.25. The number of carbonyl (C=O) groups excluding carboxylic acids is 2. The Labute approximate surface area is 146 Å². The van der Waals surface area contributed by atoms with E-state index in [2.05, 4.69) is 20.6 Å². The molecule has 0 aliphatic rings. The number of aryl methyl sites for hydroxylation is 2. The van der Waals surface area contributed by atoms with Gasteiger partial charge >= 0.3 is 0 Å². The van der Waals surface area contributed by atoms with Crippen LogP contribution < -0.4 is 15.6 Å². The minimum absolute atomic E-state index is 0.0839. The molecule has 0 saturated carbocycles. The highest BCUT2D eigenvalue weighted by Crippen LogP contribution is 2.14. The monoisotopic (exact) mass is 364 g/mol. The van der Waals surface area contributed by atoms with Gasteiger partial charge in [-0.2, -0.15) is 0 Å². The minimum Gasteiger partial charge on any atom is -0.357 e. The zero-order valence-electron chi connectivity index (χ0n) is 13.9. The molecule has 0 aliphatic heterocycles. The molecular formula is C16H20N4O4S. The molecule has 2 aromatic rings. The quantitative estimate of drug-likeness (QED) is 0.566. The third-order valence-electron chi connectivity index (χ3n) is 3.59. The number of hydrazine groups is 1. The molecule has 0 aliphatic carbocycles. The van der Waals surface area contributed by atoms with Crippen molar-refractivity contribution in [2.24, 2.45) is 0 Å². The van der Waals surface area contributed by atoms with E-state index < -0.39 is 21.8 Å². The van der Waals surface area contributed by atoms with Crippen LogP contribution in [0.4, 0.5) is 0 Å². The van der Waals surface area contributed by atoms with Crippen molar-refractivity contribution in [2.45, 2.75) is 25.2 Å². The summed E-state index contributed by atoms with van der Waals surface area (Å²) < 4.78 is 26.7. The number of aromatic nitrogens is 1. The van der Waals surface area contributed by atoms with E-state index in [-0.39, 0.29) is 17.9 Å². The van der Waals surface area contributed by atoms with E-state index in [1.54, 1.807) is 30.5 Å². The first kappa shape index (κ1) is 18.7. The molecule has 2 rings (SSSR count). The first-order valence-corrected chi connectivity index (χ1v) is 9.07. The number of amides is 2. The maximum atomic E-state index is 12.2. The lowest BCUT2D eigenvalue weighted by molar-refractivity contribution is -0.121. The SMILES string of the molecule is Cc1ccc(S(=O)(=O)NCCC(=O)NNC(=O)c2ccc[nH]2)cc1C. The first-order valence-electron chi connectivity index (χ1n) is 7.59. The van der Waals surface area contributed by atoms with E-state index in [0.717, 1.165) is 11.1 Å². The third kappa shape index (κ3) is 5.16. The standard InChI is InChI=1S/C16H20N4O4S/c1-11-5-6-13(10-12(11)2)25(23,24)18-9-7-15(21)19-20-16(22)14-4-3-8-17-14/h3-6,8,10,17-18H,7,9H2,1-2H3,(H,19,21)(H,20,22). The van der Waals surface area contributed by atoms with Gasteiger partial charge in [0.2, 0.25) is 15.9 Å². The van der Waals surface area contributed by atoms with Crippen LogP contribution in [0.1, 0.15) is 28.0 Å². The molecule has 0 bridgehead atoms. The summed E-state index contributed by atoms with van der Waals surface area (Å²) in [5.74, 6) is -1.00. The van der Waals surface area contributed by atoms with E-state index in [4.69, 9.17) is 0 Å². The van der Waals surface area contributed by atoms with Crippen molar-refractivity contribution < 1.29 is 18.0 Å². The number of aromatic amines is 1. The predicted molar refractivity (Wildman–Crippen MR) is 92.1 cm³/mol. The highest BCUT2D eigenvalue weighted by Gasteiger charge is 2.15. The van der Waals surface area contributed by atoms with Crippen LogP contribution in [0.25, 0.3) is 0 Å². The molecule has 9 heteroatoms. The van der Waals surface area contributed by atoms with Gasteiger partial charge in [0.15, 0.2) is 0 Å². The molecule has 0 unspecified atom stereocenters. The van der Waals surface area contributed by atoms with Crippen LogP contribution in [0.15, 0.2) is 41.4 Å². The van der Waals surface area contributed by atoms with Gasteiger partial charge in [-0.05, 0) is 49.2 Å². The fraction of sp³-hybridized carbons (Fsp3) is 0.250. The molecule has 4 N–H and O–H groups in total. The molecule has 1 aromatic heterocycles. The Kier molecular flexibility index (Phi) is 5.94. The van der Waals surface area contributed by atoms with Crippen molar-refractivity contribution in [2.75, 3.05) is 6.54 Å². The molecular weight excluding hydrogens is 344 g/mol. The summed E-state index contributed by atoms with van der Waals surface area (Å²) in [7, 11) is -3.68. The normalized spacial score (nSPS) is 11.1. The van der Waals surface area contributed by atoms with Gasteiger partial charge in [0.1, 0.15) is 5.69 Å². The van der Waals surface area contributed by atoms with Gasteiger partial charge < -0.3 is 4.98 Å². The van der Waals surface area contributed by atoms with Crippen molar-refractivity contribution in [3.63, 3.8) is 0 Å². The molecule has 0 fully saturated rings. The number of H-pyrrole nitrogens is 1. The fourth-order valence-corrected chi connectivity index (χ4v) is 3.11. The lowest BCUT2D eigenvalue weighted by Crippen LogP contribution is -2.42. The molecule has 0 atom stereocenters. The number of rotatable bonds is 6. The second-order valence-electron chi connectivity index (χ2n) is 5.48. The van der Waals surface area contributed by atoms with Gasteiger partial charge in [-0.15, -0.1) is 0 Å². The molecule has 2 amide bonds. The smallest absolute Gasteiger partial charge is 0.286 e. The Morgan fingerprint density at radius 1 is 1.08 bits per heavy atom.